The highest BCUT2D eigenvalue weighted by Gasteiger charge is 2.16. The van der Waals surface area contributed by atoms with E-state index >= 15 is 0 Å². The molecular formula is C15H20N4. The second kappa shape index (κ2) is 5.34. The van der Waals surface area contributed by atoms with E-state index < -0.39 is 0 Å². The Morgan fingerprint density at radius 3 is 2.74 bits per heavy atom. The molecule has 100 valence electrons. The van der Waals surface area contributed by atoms with Gasteiger partial charge in [0, 0.05) is 19.3 Å². The van der Waals surface area contributed by atoms with E-state index in [9.17, 15) is 0 Å². The highest BCUT2D eigenvalue weighted by molar-refractivity contribution is 5.70. The van der Waals surface area contributed by atoms with Gasteiger partial charge in [0.25, 0.3) is 0 Å². The zero-order valence-corrected chi connectivity index (χ0v) is 11.3. The van der Waals surface area contributed by atoms with E-state index in [0.29, 0.717) is 0 Å². The highest BCUT2D eigenvalue weighted by atomic mass is 15.2. The van der Waals surface area contributed by atoms with Crippen molar-refractivity contribution < 1.29 is 0 Å². The fraction of sp³-hybridized carbons (Fsp3) is 0.400. The lowest BCUT2D eigenvalue weighted by atomic mass is 10.2. The molecule has 4 heteroatoms. The molecule has 1 unspecified atom stereocenters. The molecule has 1 aliphatic rings. The molecule has 2 heterocycles. The van der Waals surface area contributed by atoms with Crippen LogP contribution < -0.4 is 10.2 Å². The number of nitrogens with zero attached hydrogens (tertiary/aromatic N) is 2. The lowest BCUT2D eigenvalue weighted by Crippen LogP contribution is -2.20. The molecule has 0 saturated carbocycles. The number of hydrogen-bond donors (Lipinski definition) is 2. The van der Waals surface area contributed by atoms with Gasteiger partial charge in [0.2, 0.25) is 0 Å². The Kier molecular flexibility index (Phi) is 3.40. The van der Waals surface area contributed by atoms with Gasteiger partial charge in [-0.25, -0.2) is 0 Å². The summed E-state index contributed by atoms with van der Waals surface area (Å²) in [6, 6.07) is 10.8. The van der Waals surface area contributed by atoms with E-state index in [-0.39, 0.29) is 6.04 Å². The molecule has 1 aromatic carbocycles. The fourth-order valence-electron chi connectivity index (χ4n) is 2.65. The zero-order valence-electron chi connectivity index (χ0n) is 11.3. The summed E-state index contributed by atoms with van der Waals surface area (Å²) in [6.45, 7) is 4.47. The normalized spacial score (nSPS) is 16.6. The molecule has 0 aliphatic carbocycles. The second-order valence-electron chi connectivity index (χ2n) is 5.09. The summed E-state index contributed by atoms with van der Waals surface area (Å²) in [5.41, 5.74) is 3.62. The van der Waals surface area contributed by atoms with Crippen LogP contribution in [0.4, 0.5) is 11.4 Å². The maximum atomic E-state index is 4.01. The van der Waals surface area contributed by atoms with Crippen molar-refractivity contribution in [1.82, 2.24) is 10.2 Å². The number of nitrogens with one attached hydrogen (secondary N) is 2. The van der Waals surface area contributed by atoms with E-state index in [1.165, 1.54) is 24.2 Å². The second-order valence-corrected chi connectivity index (χ2v) is 5.09. The van der Waals surface area contributed by atoms with Gasteiger partial charge in [0.05, 0.1) is 23.1 Å². The van der Waals surface area contributed by atoms with Gasteiger partial charge in [-0.15, -0.1) is 0 Å². The molecule has 4 nitrogen and oxygen atoms in total. The Morgan fingerprint density at radius 1 is 1.21 bits per heavy atom. The summed E-state index contributed by atoms with van der Waals surface area (Å²) >= 11 is 0. The van der Waals surface area contributed by atoms with Gasteiger partial charge >= 0.3 is 0 Å². The third kappa shape index (κ3) is 2.57. The van der Waals surface area contributed by atoms with Gasteiger partial charge < -0.3 is 10.2 Å². The summed E-state index contributed by atoms with van der Waals surface area (Å²) in [7, 11) is 0. The minimum atomic E-state index is 0.228. The van der Waals surface area contributed by atoms with Crippen molar-refractivity contribution in [3.63, 3.8) is 0 Å². The number of aromatic nitrogens is 2. The molecule has 1 aromatic heterocycles. The van der Waals surface area contributed by atoms with Crippen LogP contribution in [0.3, 0.4) is 0 Å². The maximum Gasteiger partial charge on any atom is 0.0652 e. The van der Waals surface area contributed by atoms with Crippen LogP contribution in [0, 0.1) is 0 Å². The predicted molar refractivity (Wildman–Crippen MR) is 78.5 cm³/mol. The highest BCUT2D eigenvalue weighted by Crippen LogP contribution is 2.30. The molecule has 0 spiro atoms. The Labute approximate surface area is 113 Å². The smallest absolute Gasteiger partial charge is 0.0652 e. The molecule has 1 saturated heterocycles. The van der Waals surface area contributed by atoms with Crippen LogP contribution in [-0.4, -0.2) is 23.3 Å². The molecule has 2 N–H and O–H groups in total. The van der Waals surface area contributed by atoms with E-state index in [0.717, 1.165) is 18.8 Å². The molecule has 0 radical (unpaired) electrons. The first-order chi connectivity index (χ1) is 9.34. The van der Waals surface area contributed by atoms with E-state index in [1.54, 1.807) is 6.20 Å². The lowest BCUT2D eigenvalue weighted by molar-refractivity contribution is 0.823. The first-order valence-corrected chi connectivity index (χ1v) is 6.94. The van der Waals surface area contributed by atoms with Crippen LogP contribution in [0.25, 0.3) is 0 Å². The van der Waals surface area contributed by atoms with Gasteiger partial charge in [0.1, 0.15) is 0 Å². The molecule has 1 atom stereocenters. The number of para-hydroxylation sites is 2. The summed E-state index contributed by atoms with van der Waals surface area (Å²) < 4.78 is 0. The predicted octanol–water partition coefficient (Wildman–Crippen LogP) is 3.18. The Balaban J connectivity index is 1.80. The van der Waals surface area contributed by atoms with Crippen LogP contribution in [0.1, 0.15) is 31.5 Å². The van der Waals surface area contributed by atoms with Crippen molar-refractivity contribution in [2.24, 2.45) is 0 Å². The van der Waals surface area contributed by atoms with E-state index in [2.05, 4.69) is 51.6 Å². The Morgan fingerprint density at radius 2 is 2.00 bits per heavy atom. The average Bonchev–Trinajstić information content (AvgIpc) is 3.13. The Bertz CT molecular complexity index is 515. The maximum absolute atomic E-state index is 4.01. The van der Waals surface area contributed by atoms with Crippen molar-refractivity contribution >= 4 is 11.4 Å². The topological polar surface area (TPSA) is 44.0 Å². The molecule has 2 aromatic rings. The van der Waals surface area contributed by atoms with Crippen molar-refractivity contribution in [3.8, 4) is 0 Å². The SMILES string of the molecule is CC(Nc1ccccc1N1CCCC1)c1ccn[nH]1. The first kappa shape index (κ1) is 12.1. The fourth-order valence-corrected chi connectivity index (χ4v) is 2.65. The van der Waals surface area contributed by atoms with E-state index in [4.69, 9.17) is 0 Å². The number of anilines is 2. The molecular weight excluding hydrogens is 236 g/mol. The summed E-state index contributed by atoms with van der Waals surface area (Å²) in [5.74, 6) is 0. The molecule has 3 rings (SSSR count). The molecule has 1 aliphatic heterocycles. The number of aromatic amines is 1. The monoisotopic (exact) mass is 256 g/mol. The van der Waals surface area contributed by atoms with Crippen molar-refractivity contribution in [2.75, 3.05) is 23.3 Å². The first-order valence-electron chi connectivity index (χ1n) is 6.94. The Hall–Kier alpha value is -1.97. The summed E-state index contributed by atoms with van der Waals surface area (Å²) in [5, 5.41) is 10.6. The van der Waals surface area contributed by atoms with Crippen molar-refractivity contribution in [1.29, 1.82) is 0 Å². The standard InChI is InChI=1S/C15H20N4/c1-12(13-8-9-16-18-13)17-14-6-2-3-7-15(14)19-10-4-5-11-19/h2-3,6-9,12,17H,4-5,10-11H2,1H3,(H,16,18). The average molecular weight is 256 g/mol. The minimum absolute atomic E-state index is 0.228. The van der Waals surface area contributed by atoms with Gasteiger partial charge in [0.15, 0.2) is 0 Å². The molecule has 0 bridgehead atoms. The molecule has 19 heavy (non-hydrogen) atoms. The van der Waals surface area contributed by atoms with Gasteiger partial charge in [-0.05, 0) is 38.0 Å². The third-order valence-electron chi connectivity index (χ3n) is 3.71. The van der Waals surface area contributed by atoms with E-state index in [1.807, 2.05) is 6.07 Å². The van der Waals surface area contributed by atoms with Crippen molar-refractivity contribution in [3.05, 3.63) is 42.2 Å². The number of benzene rings is 1. The van der Waals surface area contributed by atoms with Crippen LogP contribution in [-0.2, 0) is 0 Å². The number of hydrogen-bond acceptors (Lipinski definition) is 3. The number of H-pyrrole nitrogens is 1. The van der Waals surface area contributed by atoms with Gasteiger partial charge in [-0.2, -0.15) is 5.10 Å². The van der Waals surface area contributed by atoms with Crippen LogP contribution in [0.15, 0.2) is 36.5 Å². The third-order valence-corrected chi connectivity index (χ3v) is 3.71. The van der Waals surface area contributed by atoms with Crippen molar-refractivity contribution in [2.45, 2.75) is 25.8 Å². The number of rotatable bonds is 4. The van der Waals surface area contributed by atoms with Crippen LogP contribution >= 0.6 is 0 Å². The summed E-state index contributed by atoms with van der Waals surface area (Å²) in [6.07, 6.45) is 4.38. The van der Waals surface area contributed by atoms with Gasteiger partial charge in [-0.1, -0.05) is 12.1 Å². The molecule has 0 amide bonds. The summed E-state index contributed by atoms with van der Waals surface area (Å²) in [4.78, 5) is 2.46. The minimum Gasteiger partial charge on any atom is -0.375 e. The zero-order chi connectivity index (χ0) is 13.1. The quantitative estimate of drug-likeness (QED) is 0.883. The van der Waals surface area contributed by atoms with Crippen LogP contribution in [0.5, 0.6) is 0 Å². The van der Waals surface area contributed by atoms with Gasteiger partial charge in [-0.3, -0.25) is 5.10 Å². The largest absolute Gasteiger partial charge is 0.375 e. The van der Waals surface area contributed by atoms with Crippen LogP contribution in [0.2, 0.25) is 0 Å². The molecule has 1 fully saturated rings. The lowest BCUT2D eigenvalue weighted by Gasteiger charge is -2.23.